The molecule has 11 heteroatoms. The standard InChI is InChI=1S/C23H22N4O5S2/c1-4-31-19-13-15(10-11-18(19)32-34(29,30)16-8-6-5-7-9-16)12-17-20(24)27-23(25-21(17)28)33-22(26-27)14(2)3/h5-14,24H,4H2,1-3H3/b17-12-,24-20?. The normalized spacial score (nSPS) is 17.1. The Bertz CT molecular complexity index is 1350. The third kappa shape index (κ3) is 4.75. The van der Waals surface area contributed by atoms with E-state index in [-0.39, 0.29) is 40.3 Å². The van der Waals surface area contributed by atoms with Crippen LogP contribution in [0.2, 0.25) is 0 Å². The predicted molar refractivity (Wildman–Crippen MR) is 132 cm³/mol. The number of hydrazone groups is 1. The quantitative estimate of drug-likeness (QED) is 0.450. The molecule has 0 aliphatic carbocycles. The molecule has 2 aliphatic rings. The van der Waals surface area contributed by atoms with Crippen LogP contribution in [0.15, 0.2) is 69.1 Å². The van der Waals surface area contributed by atoms with Gasteiger partial charge in [0.1, 0.15) is 9.94 Å². The third-order valence-electron chi connectivity index (χ3n) is 4.77. The molecule has 0 spiro atoms. The number of carbonyl (C=O) groups is 1. The summed E-state index contributed by atoms with van der Waals surface area (Å²) >= 11 is 1.28. The van der Waals surface area contributed by atoms with Gasteiger partial charge in [0.15, 0.2) is 17.3 Å². The molecule has 0 saturated carbocycles. The van der Waals surface area contributed by atoms with Crippen molar-refractivity contribution in [2.75, 3.05) is 6.61 Å². The minimum Gasteiger partial charge on any atom is -0.490 e. The number of rotatable bonds is 7. The highest BCUT2D eigenvalue weighted by Gasteiger charge is 2.36. The molecule has 9 nitrogen and oxygen atoms in total. The van der Waals surface area contributed by atoms with Crippen LogP contribution in [0.4, 0.5) is 0 Å². The first-order valence-electron chi connectivity index (χ1n) is 10.5. The van der Waals surface area contributed by atoms with Crippen molar-refractivity contribution in [3.8, 4) is 11.5 Å². The van der Waals surface area contributed by atoms with Gasteiger partial charge in [-0.15, -0.1) is 0 Å². The van der Waals surface area contributed by atoms with Crippen molar-refractivity contribution >= 4 is 49.9 Å². The SMILES string of the molecule is CCOc1cc(/C=C2/C(=N)N3N=C(C(C)C)SC3=NC2=O)ccc1OS(=O)(=O)c1ccccc1. The average molecular weight is 499 g/mol. The molecule has 2 aliphatic heterocycles. The second-order valence-corrected chi connectivity index (χ2v) is 10.1. The molecule has 0 aromatic heterocycles. The number of amidine groups is 2. The van der Waals surface area contributed by atoms with Crippen LogP contribution in [0.25, 0.3) is 6.08 Å². The summed E-state index contributed by atoms with van der Waals surface area (Å²) in [5, 5.41) is 15.4. The summed E-state index contributed by atoms with van der Waals surface area (Å²) in [7, 11) is -4.06. The molecule has 2 heterocycles. The van der Waals surface area contributed by atoms with Crippen molar-refractivity contribution in [3.63, 3.8) is 0 Å². The molecular formula is C23H22N4O5S2. The molecule has 1 amide bonds. The first-order chi connectivity index (χ1) is 16.2. The Morgan fingerprint density at radius 2 is 1.88 bits per heavy atom. The minimum absolute atomic E-state index is 0.0142. The van der Waals surface area contributed by atoms with Crippen molar-refractivity contribution in [1.82, 2.24) is 5.01 Å². The van der Waals surface area contributed by atoms with Crippen molar-refractivity contribution in [3.05, 3.63) is 59.7 Å². The van der Waals surface area contributed by atoms with Crippen LogP contribution in [-0.2, 0) is 14.9 Å². The van der Waals surface area contributed by atoms with Gasteiger partial charge in [0.25, 0.3) is 5.91 Å². The van der Waals surface area contributed by atoms with Crippen molar-refractivity contribution < 1.29 is 22.1 Å². The van der Waals surface area contributed by atoms with E-state index in [4.69, 9.17) is 14.3 Å². The summed E-state index contributed by atoms with van der Waals surface area (Å²) in [6.45, 7) is 5.97. The van der Waals surface area contributed by atoms with Gasteiger partial charge in [0.05, 0.1) is 12.2 Å². The maximum atomic E-state index is 12.6. The first kappa shape index (κ1) is 23.7. The van der Waals surface area contributed by atoms with E-state index in [9.17, 15) is 13.2 Å². The Labute approximate surface area is 201 Å². The fourth-order valence-electron chi connectivity index (χ4n) is 3.11. The Kier molecular flexibility index (Phi) is 6.58. The number of nitrogens with zero attached hydrogens (tertiary/aromatic N) is 3. The highest BCUT2D eigenvalue weighted by Crippen LogP contribution is 2.34. The number of thioether (sulfide) groups is 1. The molecule has 176 valence electrons. The maximum Gasteiger partial charge on any atom is 0.339 e. The van der Waals surface area contributed by atoms with E-state index in [2.05, 4.69) is 10.1 Å². The molecule has 4 rings (SSSR count). The van der Waals surface area contributed by atoms with E-state index in [0.29, 0.717) is 10.7 Å². The fraction of sp³-hybridized carbons (Fsp3) is 0.217. The van der Waals surface area contributed by atoms with E-state index in [1.165, 1.54) is 41.0 Å². The first-order valence-corrected chi connectivity index (χ1v) is 12.7. The molecular weight excluding hydrogens is 476 g/mol. The molecule has 2 aromatic carbocycles. The van der Waals surface area contributed by atoms with E-state index in [1.54, 1.807) is 37.3 Å². The Hall–Kier alpha value is -3.44. The lowest BCUT2D eigenvalue weighted by Crippen LogP contribution is -2.35. The van der Waals surface area contributed by atoms with Crippen LogP contribution in [0.3, 0.4) is 0 Å². The number of carbonyl (C=O) groups excluding carboxylic acids is 1. The fourth-order valence-corrected chi connectivity index (χ4v) is 4.97. The second kappa shape index (κ2) is 9.43. The lowest BCUT2D eigenvalue weighted by molar-refractivity contribution is -0.114. The number of ether oxygens (including phenoxy) is 1. The minimum atomic E-state index is -4.06. The molecule has 0 fully saturated rings. The summed E-state index contributed by atoms with van der Waals surface area (Å²) in [5.74, 6) is -0.286. The molecule has 0 bridgehead atoms. The van der Waals surface area contributed by atoms with Gasteiger partial charge in [0.2, 0.25) is 5.17 Å². The van der Waals surface area contributed by atoms with Crippen LogP contribution >= 0.6 is 11.8 Å². The Morgan fingerprint density at radius 3 is 2.56 bits per heavy atom. The predicted octanol–water partition coefficient (Wildman–Crippen LogP) is 4.13. The zero-order valence-corrected chi connectivity index (χ0v) is 20.3. The molecule has 34 heavy (non-hydrogen) atoms. The van der Waals surface area contributed by atoms with Crippen LogP contribution in [0, 0.1) is 11.3 Å². The highest BCUT2D eigenvalue weighted by atomic mass is 32.2. The topological polar surface area (TPSA) is 121 Å². The molecule has 0 unspecified atom stereocenters. The molecule has 0 atom stereocenters. The van der Waals surface area contributed by atoms with Crippen LogP contribution in [-0.4, -0.2) is 42.0 Å². The van der Waals surface area contributed by atoms with Gasteiger partial charge < -0.3 is 8.92 Å². The van der Waals surface area contributed by atoms with Crippen LogP contribution < -0.4 is 8.92 Å². The van der Waals surface area contributed by atoms with E-state index < -0.39 is 16.0 Å². The second-order valence-electron chi connectivity index (χ2n) is 7.60. The summed E-state index contributed by atoms with van der Waals surface area (Å²) in [6, 6.07) is 12.4. The van der Waals surface area contributed by atoms with Gasteiger partial charge in [-0.3, -0.25) is 10.2 Å². The largest absolute Gasteiger partial charge is 0.490 e. The number of nitrogens with one attached hydrogen (secondary N) is 1. The summed E-state index contributed by atoms with van der Waals surface area (Å²) in [4.78, 5) is 16.7. The number of hydrogen-bond donors (Lipinski definition) is 1. The smallest absolute Gasteiger partial charge is 0.339 e. The monoisotopic (exact) mass is 498 g/mol. The van der Waals surface area contributed by atoms with Crippen molar-refractivity contribution in [2.45, 2.75) is 25.7 Å². The summed E-state index contributed by atoms with van der Waals surface area (Å²) in [5.41, 5.74) is 0.575. The number of fused-ring (bicyclic) bond motifs is 1. The maximum absolute atomic E-state index is 12.6. The van der Waals surface area contributed by atoms with Gasteiger partial charge in [-0.1, -0.05) is 38.1 Å². The number of benzene rings is 2. The molecule has 0 saturated heterocycles. The zero-order valence-electron chi connectivity index (χ0n) is 18.7. The van der Waals surface area contributed by atoms with E-state index in [1.807, 2.05) is 13.8 Å². The van der Waals surface area contributed by atoms with Gasteiger partial charge in [-0.2, -0.15) is 23.5 Å². The molecule has 2 aromatic rings. The van der Waals surface area contributed by atoms with Crippen LogP contribution in [0.5, 0.6) is 11.5 Å². The number of amides is 1. The van der Waals surface area contributed by atoms with Crippen molar-refractivity contribution in [2.24, 2.45) is 16.0 Å². The number of hydrogen-bond acceptors (Lipinski definition) is 8. The highest BCUT2D eigenvalue weighted by molar-refractivity contribution is 8.27. The lowest BCUT2D eigenvalue weighted by Gasteiger charge is -2.20. The number of aliphatic imine (C=N–C) groups is 1. The Morgan fingerprint density at radius 1 is 1.15 bits per heavy atom. The molecule has 0 radical (unpaired) electrons. The van der Waals surface area contributed by atoms with E-state index >= 15 is 0 Å². The molecule has 1 N–H and O–H groups in total. The summed E-state index contributed by atoms with van der Waals surface area (Å²) in [6.07, 6.45) is 1.50. The Balaban J connectivity index is 1.65. The van der Waals surface area contributed by atoms with Gasteiger partial charge in [-0.25, -0.2) is 0 Å². The summed E-state index contributed by atoms with van der Waals surface area (Å²) < 4.78 is 36.2. The third-order valence-corrected chi connectivity index (χ3v) is 7.23. The van der Waals surface area contributed by atoms with Gasteiger partial charge in [-0.05, 0) is 54.6 Å². The van der Waals surface area contributed by atoms with Crippen LogP contribution in [0.1, 0.15) is 26.3 Å². The average Bonchev–Trinajstić information content (AvgIpc) is 3.23. The van der Waals surface area contributed by atoms with Crippen molar-refractivity contribution in [1.29, 1.82) is 5.41 Å². The van der Waals surface area contributed by atoms with E-state index in [0.717, 1.165) is 5.04 Å². The zero-order chi connectivity index (χ0) is 24.5. The lowest BCUT2D eigenvalue weighted by atomic mass is 10.1. The van der Waals surface area contributed by atoms with Gasteiger partial charge >= 0.3 is 10.1 Å². The van der Waals surface area contributed by atoms with Gasteiger partial charge in [0, 0.05) is 5.92 Å².